The molecule has 1 atom stereocenters. The minimum atomic E-state index is -0.287. The van der Waals surface area contributed by atoms with Gasteiger partial charge in [0.25, 0.3) is 11.5 Å². The Labute approximate surface area is 159 Å². The maximum atomic E-state index is 13.0. The number of hydrogen-bond donors (Lipinski definition) is 1. The van der Waals surface area contributed by atoms with Gasteiger partial charge in [-0.2, -0.15) is 0 Å². The summed E-state index contributed by atoms with van der Waals surface area (Å²) in [6, 6.07) is 7.74. The summed E-state index contributed by atoms with van der Waals surface area (Å²) in [5.41, 5.74) is 3.97. The van der Waals surface area contributed by atoms with Crippen molar-refractivity contribution < 1.29 is 9.21 Å². The van der Waals surface area contributed by atoms with Gasteiger partial charge in [0.2, 0.25) is 0 Å². The zero-order valence-corrected chi connectivity index (χ0v) is 16.6. The van der Waals surface area contributed by atoms with Gasteiger partial charge in [-0.25, -0.2) is 0 Å². The van der Waals surface area contributed by atoms with Crippen LogP contribution in [0.1, 0.15) is 59.1 Å². The summed E-state index contributed by atoms with van der Waals surface area (Å²) in [6.45, 7) is 10.4. The van der Waals surface area contributed by atoms with Crippen molar-refractivity contribution in [3.63, 3.8) is 0 Å². The summed E-state index contributed by atoms with van der Waals surface area (Å²) in [5, 5.41) is 3.38. The lowest BCUT2D eigenvalue weighted by atomic mass is 10.00. The largest absolute Gasteiger partial charge is 0.460 e. The number of benzene rings is 1. The minimum absolute atomic E-state index is 0.177. The van der Waals surface area contributed by atoms with Gasteiger partial charge in [-0.05, 0) is 51.3 Å². The summed E-state index contributed by atoms with van der Waals surface area (Å²) < 4.78 is 7.31. The van der Waals surface area contributed by atoms with Gasteiger partial charge in [-0.3, -0.25) is 9.59 Å². The minimum Gasteiger partial charge on any atom is -0.460 e. The first-order valence-corrected chi connectivity index (χ1v) is 9.34. The predicted octanol–water partition coefficient (Wildman–Crippen LogP) is 4.42. The Bertz CT molecular complexity index is 1060. The van der Waals surface area contributed by atoms with Gasteiger partial charge in [-0.15, -0.1) is 0 Å². The Morgan fingerprint density at radius 2 is 1.96 bits per heavy atom. The Morgan fingerprint density at radius 1 is 1.22 bits per heavy atom. The standard InChI is InChI=1S/C22H26N2O3/c1-6-10-24-11-9-18-20(22(24)26)19(16(5)27-18)21(25)23-15(4)17-8-7-13(2)12-14(17)3/h7-9,11-12,15H,6,10H2,1-5H3,(H,23,25). The molecule has 1 aromatic carbocycles. The van der Waals surface area contributed by atoms with E-state index in [0.717, 1.165) is 17.5 Å². The molecule has 0 spiro atoms. The number of carbonyl (C=O) groups is 1. The van der Waals surface area contributed by atoms with Gasteiger partial charge in [-0.1, -0.05) is 30.7 Å². The number of nitrogens with one attached hydrogen (secondary N) is 1. The van der Waals surface area contributed by atoms with E-state index in [4.69, 9.17) is 4.42 Å². The average molecular weight is 366 g/mol. The van der Waals surface area contributed by atoms with Crippen molar-refractivity contribution >= 4 is 16.9 Å². The maximum Gasteiger partial charge on any atom is 0.262 e. The first-order chi connectivity index (χ1) is 12.8. The zero-order valence-electron chi connectivity index (χ0n) is 16.6. The number of furan rings is 1. The molecule has 27 heavy (non-hydrogen) atoms. The lowest BCUT2D eigenvalue weighted by Gasteiger charge is -2.17. The molecule has 0 aliphatic rings. The number of aryl methyl sites for hydroxylation is 4. The van der Waals surface area contributed by atoms with Crippen LogP contribution in [-0.2, 0) is 6.54 Å². The van der Waals surface area contributed by atoms with Crippen LogP contribution in [0.4, 0.5) is 0 Å². The second-order valence-corrected chi connectivity index (χ2v) is 7.14. The van der Waals surface area contributed by atoms with E-state index in [0.29, 0.717) is 28.8 Å². The molecule has 0 bridgehead atoms. The fourth-order valence-electron chi connectivity index (χ4n) is 3.61. The van der Waals surface area contributed by atoms with Crippen LogP contribution >= 0.6 is 0 Å². The lowest BCUT2D eigenvalue weighted by molar-refractivity contribution is 0.0939. The fourth-order valence-corrected chi connectivity index (χ4v) is 3.61. The van der Waals surface area contributed by atoms with E-state index >= 15 is 0 Å². The van der Waals surface area contributed by atoms with Gasteiger partial charge >= 0.3 is 0 Å². The molecule has 2 aromatic heterocycles. The van der Waals surface area contributed by atoms with Crippen LogP contribution in [0.2, 0.25) is 0 Å². The predicted molar refractivity (Wildman–Crippen MR) is 107 cm³/mol. The first-order valence-electron chi connectivity index (χ1n) is 9.34. The maximum absolute atomic E-state index is 13.0. The summed E-state index contributed by atoms with van der Waals surface area (Å²) in [6.07, 6.45) is 2.56. The van der Waals surface area contributed by atoms with Crippen LogP contribution in [0.15, 0.2) is 39.7 Å². The molecule has 5 nitrogen and oxygen atoms in total. The third kappa shape index (κ3) is 3.54. The number of hydrogen-bond acceptors (Lipinski definition) is 3. The molecule has 0 saturated heterocycles. The van der Waals surface area contributed by atoms with Gasteiger partial charge in [0.15, 0.2) is 0 Å². The van der Waals surface area contributed by atoms with Crippen molar-refractivity contribution in [1.29, 1.82) is 0 Å². The van der Waals surface area contributed by atoms with E-state index in [1.807, 2.05) is 39.8 Å². The van der Waals surface area contributed by atoms with E-state index in [1.165, 1.54) is 5.56 Å². The Balaban J connectivity index is 1.99. The van der Waals surface area contributed by atoms with Gasteiger partial charge in [0.05, 0.1) is 17.0 Å². The Kier molecular flexibility index (Phi) is 5.22. The summed E-state index contributed by atoms with van der Waals surface area (Å²) in [4.78, 5) is 25.8. The second-order valence-electron chi connectivity index (χ2n) is 7.14. The number of amides is 1. The SMILES string of the molecule is CCCn1ccc2oc(C)c(C(=O)NC(C)c3ccc(C)cc3C)c2c1=O. The first kappa shape index (κ1) is 19.0. The van der Waals surface area contributed by atoms with E-state index in [-0.39, 0.29) is 17.5 Å². The van der Waals surface area contributed by atoms with Gasteiger partial charge < -0.3 is 14.3 Å². The van der Waals surface area contributed by atoms with Gasteiger partial charge in [0.1, 0.15) is 11.3 Å². The smallest absolute Gasteiger partial charge is 0.262 e. The van der Waals surface area contributed by atoms with Crippen LogP contribution in [0.5, 0.6) is 0 Å². The quantitative estimate of drug-likeness (QED) is 0.727. The molecule has 0 fully saturated rings. The topological polar surface area (TPSA) is 64.2 Å². The van der Waals surface area contributed by atoms with Gasteiger partial charge in [0, 0.05) is 12.7 Å². The molecule has 0 saturated carbocycles. The molecule has 142 valence electrons. The Morgan fingerprint density at radius 3 is 2.63 bits per heavy atom. The monoisotopic (exact) mass is 366 g/mol. The van der Waals surface area contributed by atoms with E-state index in [9.17, 15) is 9.59 Å². The van der Waals surface area contributed by atoms with E-state index in [1.54, 1.807) is 23.8 Å². The highest BCUT2D eigenvalue weighted by atomic mass is 16.3. The third-order valence-electron chi connectivity index (χ3n) is 4.92. The van der Waals surface area contributed by atoms with Crippen molar-refractivity contribution in [2.75, 3.05) is 0 Å². The normalized spacial score (nSPS) is 12.3. The van der Waals surface area contributed by atoms with Crippen molar-refractivity contribution in [1.82, 2.24) is 9.88 Å². The van der Waals surface area contributed by atoms with Crippen LogP contribution < -0.4 is 10.9 Å². The zero-order chi connectivity index (χ0) is 19.7. The molecular formula is C22H26N2O3. The molecule has 1 unspecified atom stereocenters. The average Bonchev–Trinajstić information content (AvgIpc) is 2.94. The molecule has 0 aliphatic carbocycles. The lowest BCUT2D eigenvalue weighted by Crippen LogP contribution is -2.29. The second kappa shape index (κ2) is 7.43. The highest BCUT2D eigenvalue weighted by Crippen LogP contribution is 2.24. The summed E-state index contributed by atoms with van der Waals surface area (Å²) in [7, 11) is 0. The molecule has 3 rings (SSSR count). The number of aromatic nitrogens is 1. The van der Waals surface area contributed by atoms with Crippen molar-refractivity contribution in [2.45, 2.75) is 53.6 Å². The molecule has 1 amide bonds. The van der Waals surface area contributed by atoms with E-state index < -0.39 is 0 Å². The molecule has 3 aromatic rings. The van der Waals surface area contributed by atoms with Crippen molar-refractivity contribution in [3.05, 3.63) is 68.8 Å². The fraction of sp³-hybridized carbons (Fsp3) is 0.364. The van der Waals surface area contributed by atoms with Crippen molar-refractivity contribution in [3.8, 4) is 0 Å². The van der Waals surface area contributed by atoms with Crippen molar-refractivity contribution in [2.24, 2.45) is 0 Å². The number of carbonyl (C=O) groups excluding carboxylic acids is 1. The third-order valence-corrected chi connectivity index (χ3v) is 4.92. The number of nitrogens with zero attached hydrogens (tertiary/aromatic N) is 1. The molecule has 5 heteroatoms. The molecular weight excluding hydrogens is 340 g/mol. The number of rotatable bonds is 5. The molecule has 2 heterocycles. The highest BCUT2D eigenvalue weighted by molar-refractivity contribution is 6.07. The van der Waals surface area contributed by atoms with E-state index in [2.05, 4.69) is 11.4 Å². The molecule has 0 radical (unpaired) electrons. The van der Waals surface area contributed by atoms with Crippen LogP contribution in [0.3, 0.4) is 0 Å². The highest BCUT2D eigenvalue weighted by Gasteiger charge is 2.23. The van der Waals surface area contributed by atoms with Crippen LogP contribution in [-0.4, -0.2) is 10.5 Å². The summed E-state index contributed by atoms with van der Waals surface area (Å²) in [5.74, 6) is 0.173. The van der Waals surface area contributed by atoms with Crippen LogP contribution in [0, 0.1) is 20.8 Å². The van der Waals surface area contributed by atoms with Crippen LogP contribution in [0.25, 0.3) is 11.0 Å². The number of fused-ring (bicyclic) bond motifs is 1. The molecule has 0 aliphatic heterocycles. The molecule has 1 N–H and O–H groups in total. The Hall–Kier alpha value is -2.82. The summed E-state index contributed by atoms with van der Waals surface area (Å²) >= 11 is 0. The number of pyridine rings is 1.